The highest BCUT2D eigenvalue weighted by Gasteiger charge is 2.53. The third-order valence-electron chi connectivity index (χ3n) is 7.18. The molecule has 2 heterocycles. The summed E-state index contributed by atoms with van der Waals surface area (Å²) in [4.78, 5) is 14.9. The van der Waals surface area contributed by atoms with Crippen LogP contribution in [0.25, 0.3) is 0 Å². The van der Waals surface area contributed by atoms with Crippen LogP contribution in [0.3, 0.4) is 0 Å². The zero-order chi connectivity index (χ0) is 19.7. The van der Waals surface area contributed by atoms with Crippen LogP contribution < -0.4 is 4.74 Å². The Bertz CT molecular complexity index is 750. The van der Waals surface area contributed by atoms with Gasteiger partial charge in [0, 0.05) is 18.2 Å². The fraction of sp³-hybridized carbons (Fsp3) is 0.636. The maximum Gasteiger partial charge on any atom is 0.354 e. The van der Waals surface area contributed by atoms with E-state index in [1.54, 1.807) is 6.07 Å². The second-order valence-electron chi connectivity index (χ2n) is 8.58. The summed E-state index contributed by atoms with van der Waals surface area (Å²) in [5.41, 5.74) is 1.51. The van der Waals surface area contributed by atoms with Gasteiger partial charge in [0.25, 0.3) is 0 Å². The summed E-state index contributed by atoms with van der Waals surface area (Å²) in [5.74, 6) is 0.960. The molecule has 0 spiro atoms. The Balaban J connectivity index is 1.44. The van der Waals surface area contributed by atoms with Crippen molar-refractivity contribution in [1.29, 1.82) is 0 Å². The molecule has 152 valence electrons. The third-order valence-corrected chi connectivity index (χ3v) is 7.18. The van der Waals surface area contributed by atoms with Crippen LogP contribution in [-0.2, 0) is 9.47 Å². The molecule has 2 saturated carbocycles. The summed E-state index contributed by atoms with van der Waals surface area (Å²) >= 11 is 0. The van der Waals surface area contributed by atoms with Gasteiger partial charge in [0.05, 0.1) is 19.3 Å². The molecule has 4 rings (SSSR count). The van der Waals surface area contributed by atoms with E-state index < -0.39 is 5.97 Å². The van der Waals surface area contributed by atoms with Crippen molar-refractivity contribution in [3.05, 3.63) is 36.2 Å². The lowest BCUT2D eigenvalue weighted by Crippen LogP contribution is -2.54. The van der Waals surface area contributed by atoms with Gasteiger partial charge in [-0.05, 0) is 55.4 Å². The minimum absolute atomic E-state index is 0.00206. The lowest BCUT2D eigenvalue weighted by Gasteiger charge is -2.57. The summed E-state index contributed by atoms with van der Waals surface area (Å²) in [6.07, 6.45) is 7.12. The number of pyridine rings is 1. The largest absolute Gasteiger partial charge is 0.493 e. The zero-order valence-electron chi connectivity index (χ0n) is 16.4. The number of hydrogen-bond acceptors (Lipinski definition) is 5. The molecule has 3 aliphatic rings. The summed E-state index contributed by atoms with van der Waals surface area (Å²) in [6, 6.07) is 3.18. The minimum atomic E-state index is -1.05. The Morgan fingerprint density at radius 3 is 3.14 bits per heavy atom. The van der Waals surface area contributed by atoms with Crippen molar-refractivity contribution in [3.8, 4) is 5.75 Å². The van der Waals surface area contributed by atoms with Crippen molar-refractivity contribution in [2.75, 3.05) is 20.0 Å². The first-order chi connectivity index (χ1) is 13.5. The SMILES string of the molecule is C=C1CCC2C3COCOC3CCC2(C)C1CCOc1ccnc(C(=O)O)c1. The molecule has 1 aromatic rings. The average Bonchev–Trinajstić information content (AvgIpc) is 2.70. The van der Waals surface area contributed by atoms with Crippen molar-refractivity contribution in [2.24, 2.45) is 23.2 Å². The molecular formula is C22H29NO5. The van der Waals surface area contributed by atoms with E-state index in [9.17, 15) is 4.79 Å². The number of ether oxygens (including phenoxy) is 3. The van der Waals surface area contributed by atoms with Crippen molar-refractivity contribution in [3.63, 3.8) is 0 Å². The summed E-state index contributed by atoms with van der Waals surface area (Å²) in [5, 5.41) is 9.08. The highest BCUT2D eigenvalue weighted by molar-refractivity contribution is 5.85. The molecule has 28 heavy (non-hydrogen) atoms. The molecule has 1 aliphatic heterocycles. The van der Waals surface area contributed by atoms with E-state index in [1.165, 1.54) is 17.8 Å². The summed E-state index contributed by atoms with van der Waals surface area (Å²) in [6.45, 7) is 8.57. The molecular weight excluding hydrogens is 358 g/mol. The van der Waals surface area contributed by atoms with Crippen LogP contribution in [0.2, 0.25) is 0 Å². The van der Waals surface area contributed by atoms with E-state index in [4.69, 9.17) is 19.3 Å². The Hall–Kier alpha value is -1.92. The van der Waals surface area contributed by atoms with E-state index in [1.807, 2.05) is 0 Å². The number of fused-ring (bicyclic) bond motifs is 3. The smallest absolute Gasteiger partial charge is 0.354 e. The monoisotopic (exact) mass is 387 g/mol. The van der Waals surface area contributed by atoms with Gasteiger partial charge < -0.3 is 19.3 Å². The first kappa shape index (κ1) is 19.4. The van der Waals surface area contributed by atoms with Crippen LogP contribution in [0.15, 0.2) is 30.5 Å². The number of carboxylic acid groups (broad SMARTS) is 1. The molecule has 0 amide bonds. The highest BCUT2D eigenvalue weighted by atomic mass is 16.7. The third kappa shape index (κ3) is 3.55. The van der Waals surface area contributed by atoms with Gasteiger partial charge in [-0.2, -0.15) is 0 Å². The second kappa shape index (κ2) is 7.84. The van der Waals surface area contributed by atoms with E-state index in [2.05, 4.69) is 18.5 Å². The first-order valence-electron chi connectivity index (χ1n) is 10.2. The van der Waals surface area contributed by atoms with Gasteiger partial charge in [0.2, 0.25) is 0 Å². The standard InChI is InChI=1S/C22H29NO5/c1-14-3-4-18-16-12-26-13-28-20(16)5-8-22(18,2)17(14)7-10-27-15-6-9-23-19(11-15)21(24)25/h6,9,11,16-18,20H,1,3-5,7-8,10,12-13H2,2H3,(H,24,25). The van der Waals surface area contributed by atoms with Crippen LogP contribution in [0, 0.1) is 23.2 Å². The molecule has 0 radical (unpaired) electrons. The lowest BCUT2D eigenvalue weighted by atomic mass is 9.50. The van der Waals surface area contributed by atoms with Gasteiger partial charge in [0.1, 0.15) is 12.5 Å². The van der Waals surface area contributed by atoms with Gasteiger partial charge in [-0.25, -0.2) is 9.78 Å². The molecule has 0 aromatic carbocycles. The zero-order valence-corrected chi connectivity index (χ0v) is 16.4. The summed E-state index contributed by atoms with van der Waals surface area (Å²) < 4.78 is 17.4. The van der Waals surface area contributed by atoms with Crippen LogP contribution in [0.5, 0.6) is 5.75 Å². The Morgan fingerprint density at radius 1 is 1.46 bits per heavy atom. The molecule has 6 nitrogen and oxygen atoms in total. The molecule has 2 aliphatic carbocycles. The number of aromatic carboxylic acids is 1. The number of carboxylic acids is 1. The molecule has 1 N–H and O–H groups in total. The normalized spacial score (nSPS) is 35.0. The Kier molecular flexibility index (Phi) is 5.43. The molecule has 6 heteroatoms. The molecule has 5 unspecified atom stereocenters. The Labute approximate surface area is 165 Å². The van der Waals surface area contributed by atoms with Crippen LogP contribution in [-0.4, -0.2) is 42.2 Å². The molecule has 1 saturated heterocycles. The number of nitrogens with zero attached hydrogens (tertiary/aromatic N) is 1. The van der Waals surface area contributed by atoms with Crippen molar-refractivity contribution in [1.82, 2.24) is 4.98 Å². The first-order valence-corrected chi connectivity index (χ1v) is 10.2. The maximum atomic E-state index is 11.1. The van der Waals surface area contributed by atoms with E-state index in [0.29, 0.717) is 43.0 Å². The number of hydrogen-bond donors (Lipinski definition) is 1. The van der Waals surface area contributed by atoms with Crippen molar-refractivity contribution < 1.29 is 24.1 Å². The van der Waals surface area contributed by atoms with Gasteiger partial charge in [-0.15, -0.1) is 0 Å². The van der Waals surface area contributed by atoms with Crippen molar-refractivity contribution >= 4 is 5.97 Å². The van der Waals surface area contributed by atoms with Gasteiger partial charge in [-0.3, -0.25) is 0 Å². The number of carbonyl (C=O) groups is 1. The minimum Gasteiger partial charge on any atom is -0.493 e. The predicted octanol–water partition coefficient (Wildman–Crippen LogP) is 3.92. The van der Waals surface area contributed by atoms with Gasteiger partial charge in [0.15, 0.2) is 5.69 Å². The topological polar surface area (TPSA) is 77.9 Å². The van der Waals surface area contributed by atoms with Crippen molar-refractivity contribution in [2.45, 2.75) is 45.1 Å². The molecule has 0 bridgehead atoms. The van der Waals surface area contributed by atoms with Crippen LogP contribution in [0.4, 0.5) is 0 Å². The summed E-state index contributed by atoms with van der Waals surface area (Å²) in [7, 11) is 0. The predicted molar refractivity (Wildman–Crippen MR) is 103 cm³/mol. The number of allylic oxidation sites excluding steroid dienone is 1. The van der Waals surface area contributed by atoms with Crippen LogP contribution in [0.1, 0.15) is 49.5 Å². The van der Waals surface area contributed by atoms with Gasteiger partial charge >= 0.3 is 5.97 Å². The van der Waals surface area contributed by atoms with E-state index in [0.717, 1.165) is 38.7 Å². The molecule has 5 atom stereocenters. The van der Waals surface area contributed by atoms with Crippen LogP contribution >= 0.6 is 0 Å². The maximum absolute atomic E-state index is 11.1. The van der Waals surface area contributed by atoms with E-state index in [-0.39, 0.29) is 11.1 Å². The lowest BCUT2D eigenvalue weighted by molar-refractivity contribution is -0.218. The number of aromatic nitrogens is 1. The quantitative estimate of drug-likeness (QED) is 0.772. The Morgan fingerprint density at radius 2 is 2.32 bits per heavy atom. The second-order valence-corrected chi connectivity index (χ2v) is 8.58. The number of rotatable bonds is 5. The average molecular weight is 387 g/mol. The molecule has 3 fully saturated rings. The fourth-order valence-corrected chi connectivity index (χ4v) is 5.76. The highest BCUT2D eigenvalue weighted by Crippen LogP contribution is 2.58. The van der Waals surface area contributed by atoms with Gasteiger partial charge in [-0.1, -0.05) is 19.1 Å². The van der Waals surface area contributed by atoms with E-state index >= 15 is 0 Å². The fourth-order valence-electron chi connectivity index (χ4n) is 5.76. The molecule has 1 aromatic heterocycles.